The average Bonchev–Trinajstić information content (AvgIpc) is 2.56. The number of pyridine rings is 1. The quantitative estimate of drug-likeness (QED) is 0.943. The fraction of sp³-hybridized carbons (Fsp3) is 0.389. The maximum Gasteiger partial charge on any atom is 0.181 e. The number of hydrogen-bond acceptors (Lipinski definition) is 3. The second-order valence-corrected chi connectivity index (χ2v) is 5.74. The second-order valence-electron chi connectivity index (χ2n) is 5.74. The predicted octanol–water partition coefficient (Wildman–Crippen LogP) is 3.11. The van der Waals surface area contributed by atoms with Crippen LogP contribution in [0.15, 0.2) is 47.4 Å². The van der Waals surface area contributed by atoms with Crippen LogP contribution in [0.1, 0.15) is 36.9 Å². The van der Waals surface area contributed by atoms with Crippen LogP contribution in [-0.4, -0.2) is 23.1 Å². The van der Waals surface area contributed by atoms with Gasteiger partial charge in [0.1, 0.15) is 0 Å². The first-order valence-corrected chi connectivity index (χ1v) is 7.95. The summed E-state index contributed by atoms with van der Waals surface area (Å²) in [7, 11) is 0. The topological polar surface area (TPSA) is 45.3 Å². The lowest BCUT2D eigenvalue weighted by atomic mass is 9.94. The Hall–Kier alpha value is -2.07. The Morgan fingerprint density at radius 1 is 1.23 bits per heavy atom. The summed E-state index contributed by atoms with van der Waals surface area (Å²) >= 11 is 0. The van der Waals surface area contributed by atoms with E-state index < -0.39 is 0 Å². The number of H-pyrrole nitrogens is 1. The van der Waals surface area contributed by atoms with E-state index >= 15 is 0 Å². The van der Waals surface area contributed by atoms with Crippen LogP contribution in [0.4, 0.5) is 0 Å². The zero-order valence-corrected chi connectivity index (χ0v) is 12.9. The second kappa shape index (κ2) is 6.79. The Morgan fingerprint density at radius 3 is 2.73 bits per heavy atom. The first-order valence-electron chi connectivity index (χ1n) is 7.95. The Labute approximate surface area is 130 Å². The van der Waals surface area contributed by atoms with Crippen molar-refractivity contribution in [3.05, 3.63) is 64.1 Å². The van der Waals surface area contributed by atoms with Crippen LogP contribution in [0, 0.1) is 0 Å². The Balaban J connectivity index is 1.61. The summed E-state index contributed by atoms with van der Waals surface area (Å²) in [6, 6.07) is 11.5. The molecule has 1 aliphatic heterocycles. The van der Waals surface area contributed by atoms with Crippen LogP contribution in [0.3, 0.4) is 0 Å². The van der Waals surface area contributed by atoms with Gasteiger partial charge in [0.25, 0.3) is 0 Å². The Bertz CT molecular complexity index is 673. The molecule has 116 valence electrons. The molecule has 1 saturated heterocycles. The number of aromatic nitrogens is 1. The van der Waals surface area contributed by atoms with Crippen molar-refractivity contribution in [2.45, 2.75) is 32.1 Å². The molecule has 1 aliphatic rings. The number of aromatic amines is 1. The fourth-order valence-corrected chi connectivity index (χ4v) is 2.98. The van der Waals surface area contributed by atoms with Gasteiger partial charge >= 0.3 is 0 Å². The number of hydrogen-bond donors (Lipinski definition) is 1. The summed E-state index contributed by atoms with van der Waals surface area (Å²) in [5.41, 5.74) is 2.35. The lowest BCUT2D eigenvalue weighted by Crippen LogP contribution is -2.36. The standard InChI is InChI=1S/C18H22N2O2/c1-2-14-5-3-4-6-18(14)22-20-11-8-15(9-12-20)17-13-16(21)7-10-19-17/h3-7,10,13,15H,2,8-9,11-12H2,1H3,(H,19,21). The summed E-state index contributed by atoms with van der Waals surface area (Å²) in [6.07, 6.45) is 4.69. The van der Waals surface area contributed by atoms with Crippen molar-refractivity contribution in [2.24, 2.45) is 0 Å². The van der Waals surface area contributed by atoms with E-state index in [1.807, 2.05) is 23.3 Å². The highest BCUT2D eigenvalue weighted by Gasteiger charge is 2.22. The van der Waals surface area contributed by atoms with E-state index in [9.17, 15) is 4.79 Å². The molecule has 1 aromatic carbocycles. The van der Waals surface area contributed by atoms with E-state index in [1.165, 1.54) is 5.56 Å². The predicted molar refractivity (Wildman–Crippen MR) is 87.1 cm³/mol. The molecule has 0 saturated carbocycles. The normalized spacial score (nSPS) is 16.6. The number of nitrogens with zero attached hydrogens (tertiary/aromatic N) is 1. The van der Waals surface area contributed by atoms with Crippen molar-refractivity contribution in [2.75, 3.05) is 13.1 Å². The first-order chi connectivity index (χ1) is 10.8. The molecule has 2 heterocycles. The van der Waals surface area contributed by atoms with Crippen molar-refractivity contribution in [1.82, 2.24) is 10.0 Å². The van der Waals surface area contributed by atoms with Gasteiger partial charge in [-0.1, -0.05) is 25.1 Å². The maximum atomic E-state index is 11.5. The first kappa shape index (κ1) is 14.9. The number of piperidine rings is 1. The Kier molecular flexibility index (Phi) is 4.59. The molecular weight excluding hydrogens is 276 g/mol. The van der Waals surface area contributed by atoms with Crippen molar-refractivity contribution < 1.29 is 4.84 Å². The number of nitrogens with one attached hydrogen (secondary N) is 1. The molecular formula is C18H22N2O2. The van der Waals surface area contributed by atoms with E-state index in [0.29, 0.717) is 5.92 Å². The van der Waals surface area contributed by atoms with E-state index in [0.717, 1.165) is 43.8 Å². The number of rotatable bonds is 4. The summed E-state index contributed by atoms with van der Waals surface area (Å²) in [5.74, 6) is 1.37. The van der Waals surface area contributed by atoms with E-state index in [-0.39, 0.29) is 5.43 Å². The van der Waals surface area contributed by atoms with Gasteiger partial charge in [0, 0.05) is 43.0 Å². The largest absolute Gasteiger partial charge is 0.406 e. The van der Waals surface area contributed by atoms with Crippen molar-refractivity contribution in [3.63, 3.8) is 0 Å². The smallest absolute Gasteiger partial charge is 0.181 e. The summed E-state index contributed by atoms with van der Waals surface area (Å²) in [6.45, 7) is 3.89. The lowest BCUT2D eigenvalue weighted by Gasteiger charge is -2.31. The molecule has 0 unspecified atom stereocenters. The number of para-hydroxylation sites is 1. The minimum Gasteiger partial charge on any atom is -0.406 e. The zero-order chi connectivity index (χ0) is 15.4. The van der Waals surface area contributed by atoms with Crippen LogP contribution >= 0.6 is 0 Å². The highest BCUT2D eigenvalue weighted by atomic mass is 16.7. The number of benzene rings is 1. The minimum absolute atomic E-state index is 0.0734. The third kappa shape index (κ3) is 3.39. The molecule has 0 amide bonds. The molecule has 1 N–H and O–H groups in total. The van der Waals surface area contributed by atoms with Crippen LogP contribution in [-0.2, 0) is 6.42 Å². The van der Waals surface area contributed by atoms with Gasteiger partial charge in [0.2, 0.25) is 0 Å². The summed E-state index contributed by atoms with van der Waals surface area (Å²) in [4.78, 5) is 20.7. The number of hydroxylamine groups is 2. The SMILES string of the molecule is CCc1ccccc1ON1CCC(c2cc(=O)cc[nH]2)CC1. The monoisotopic (exact) mass is 298 g/mol. The van der Waals surface area contributed by atoms with E-state index in [4.69, 9.17) is 4.84 Å². The van der Waals surface area contributed by atoms with Crippen LogP contribution in [0.5, 0.6) is 5.75 Å². The molecule has 0 atom stereocenters. The third-order valence-electron chi connectivity index (χ3n) is 4.27. The fourth-order valence-electron chi connectivity index (χ4n) is 2.98. The van der Waals surface area contributed by atoms with Crippen molar-refractivity contribution in [1.29, 1.82) is 0 Å². The van der Waals surface area contributed by atoms with Crippen LogP contribution in [0.25, 0.3) is 0 Å². The van der Waals surface area contributed by atoms with Gasteiger partial charge in [-0.15, -0.1) is 5.06 Å². The van der Waals surface area contributed by atoms with Gasteiger partial charge in [-0.2, -0.15) is 0 Å². The van der Waals surface area contributed by atoms with Gasteiger partial charge in [-0.25, -0.2) is 0 Å². The van der Waals surface area contributed by atoms with Gasteiger partial charge in [-0.3, -0.25) is 4.79 Å². The average molecular weight is 298 g/mol. The molecule has 4 nitrogen and oxygen atoms in total. The van der Waals surface area contributed by atoms with Gasteiger partial charge in [0.05, 0.1) is 0 Å². The third-order valence-corrected chi connectivity index (χ3v) is 4.27. The molecule has 1 aromatic heterocycles. The molecule has 1 fully saturated rings. The molecule has 22 heavy (non-hydrogen) atoms. The highest BCUT2D eigenvalue weighted by Crippen LogP contribution is 2.27. The Morgan fingerprint density at radius 2 is 2.00 bits per heavy atom. The molecule has 4 heteroatoms. The molecule has 0 bridgehead atoms. The summed E-state index contributed by atoms with van der Waals surface area (Å²) < 4.78 is 0. The van der Waals surface area contributed by atoms with Gasteiger partial charge in [0.15, 0.2) is 11.2 Å². The highest BCUT2D eigenvalue weighted by molar-refractivity contribution is 5.32. The molecule has 0 spiro atoms. The maximum absolute atomic E-state index is 11.5. The molecule has 3 rings (SSSR count). The van der Waals surface area contributed by atoms with E-state index in [1.54, 1.807) is 18.3 Å². The summed E-state index contributed by atoms with van der Waals surface area (Å²) in [5, 5.41) is 2.03. The zero-order valence-electron chi connectivity index (χ0n) is 12.9. The van der Waals surface area contributed by atoms with Gasteiger partial charge in [-0.05, 0) is 30.9 Å². The molecule has 0 radical (unpaired) electrons. The van der Waals surface area contributed by atoms with Crippen LogP contribution in [0.2, 0.25) is 0 Å². The molecule has 0 aliphatic carbocycles. The van der Waals surface area contributed by atoms with Crippen molar-refractivity contribution >= 4 is 0 Å². The molecule has 2 aromatic rings. The van der Waals surface area contributed by atoms with E-state index in [2.05, 4.69) is 18.0 Å². The number of aryl methyl sites for hydroxylation is 1. The minimum atomic E-state index is 0.0734. The van der Waals surface area contributed by atoms with Crippen molar-refractivity contribution in [3.8, 4) is 5.75 Å². The van der Waals surface area contributed by atoms with Crippen LogP contribution < -0.4 is 10.3 Å². The lowest BCUT2D eigenvalue weighted by molar-refractivity contribution is -0.0765. The van der Waals surface area contributed by atoms with Gasteiger partial charge < -0.3 is 9.82 Å².